The van der Waals surface area contributed by atoms with Crippen molar-refractivity contribution in [2.24, 2.45) is 5.84 Å². The Hall–Kier alpha value is -1.59. The van der Waals surface area contributed by atoms with Crippen LogP contribution in [0.5, 0.6) is 5.75 Å². The highest BCUT2D eigenvalue weighted by Crippen LogP contribution is 2.26. The number of nitrogens with zero attached hydrogens (tertiary/aromatic N) is 1. The number of halogens is 1. The number of hydrogen-bond donors (Lipinski definition) is 2. The normalized spacial score (nSPS) is 10.2. The zero-order valence-corrected chi connectivity index (χ0v) is 11.6. The molecule has 0 unspecified atom stereocenters. The monoisotopic (exact) mass is 307 g/mol. The molecule has 0 saturated heterocycles. The van der Waals surface area contributed by atoms with Gasteiger partial charge in [0.25, 0.3) is 0 Å². The van der Waals surface area contributed by atoms with E-state index in [2.05, 4.69) is 26.3 Å². The largest absolute Gasteiger partial charge is 0.488 e. The van der Waals surface area contributed by atoms with E-state index in [0.29, 0.717) is 12.4 Å². The van der Waals surface area contributed by atoms with Crippen LogP contribution in [0.3, 0.4) is 0 Å². The molecule has 0 bridgehead atoms. The van der Waals surface area contributed by atoms with Crippen molar-refractivity contribution in [2.75, 3.05) is 5.43 Å². The Kier molecular flexibility index (Phi) is 4.17. The molecule has 0 amide bonds. The number of pyridine rings is 1. The summed E-state index contributed by atoms with van der Waals surface area (Å²) >= 11 is 3.48. The average molecular weight is 308 g/mol. The van der Waals surface area contributed by atoms with Gasteiger partial charge in [-0.25, -0.2) is 10.8 Å². The molecule has 4 nitrogen and oxygen atoms in total. The fraction of sp³-hybridized carbons (Fsp3) is 0.154. The minimum Gasteiger partial charge on any atom is -0.488 e. The number of hydrazine groups is 1. The maximum atomic E-state index is 5.71. The van der Waals surface area contributed by atoms with Gasteiger partial charge in [0.05, 0.1) is 4.47 Å². The number of rotatable bonds is 4. The Labute approximate surface area is 114 Å². The number of nitrogens with two attached hydrogens (primary N) is 1. The van der Waals surface area contributed by atoms with Crippen molar-refractivity contribution in [1.29, 1.82) is 0 Å². The van der Waals surface area contributed by atoms with E-state index in [9.17, 15) is 0 Å². The fourth-order valence-corrected chi connectivity index (χ4v) is 2.09. The Morgan fingerprint density at radius 1 is 1.33 bits per heavy atom. The number of ether oxygens (including phenoxy) is 1. The molecule has 0 aliphatic rings. The summed E-state index contributed by atoms with van der Waals surface area (Å²) in [5.41, 5.74) is 4.66. The summed E-state index contributed by atoms with van der Waals surface area (Å²) in [6.07, 6.45) is 1.73. The predicted octanol–water partition coefficient (Wildman–Crippen LogP) is 3.02. The molecular weight excluding hydrogens is 294 g/mol. The molecule has 0 atom stereocenters. The van der Waals surface area contributed by atoms with Crippen LogP contribution in [-0.4, -0.2) is 4.98 Å². The first-order valence-electron chi connectivity index (χ1n) is 5.49. The molecular formula is C13H14BrN3O. The van der Waals surface area contributed by atoms with Crippen molar-refractivity contribution in [3.05, 3.63) is 52.1 Å². The van der Waals surface area contributed by atoms with Crippen molar-refractivity contribution in [3.63, 3.8) is 0 Å². The van der Waals surface area contributed by atoms with E-state index < -0.39 is 0 Å². The number of anilines is 1. The molecule has 0 aliphatic heterocycles. The van der Waals surface area contributed by atoms with E-state index in [4.69, 9.17) is 10.6 Å². The summed E-state index contributed by atoms with van der Waals surface area (Å²) in [5, 5.41) is 0. The molecule has 0 radical (unpaired) electrons. The number of hydrogen-bond acceptors (Lipinski definition) is 4. The van der Waals surface area contributed by atoms with Gasteiger partial charge in [0.2, 0.25) is 0 Å². The zero-order valence-electron chi connectivity index (χ0n) is 9.98. The molecule has 94 valence electrons. The van der Waals surface area contributed by atoms with Crippen molar-refractivity contribution < 1.29 is 4.74 Å². The van der Waals surface area contributed by atoms with Crippen molar-refractivity contribution in [1.82, 2.24) is 4.98 Å². The first kappa shape index (κ1) is 12.9. The highest BCUT2D eigenvalue weighted by molar-refractivity contribution is 9.10. The summed E-state index contributed by atoms with van der Waals surface area (Å²) in [4.78, 5) is 4.12. The van der Waals surface area contributed by atoms with Gasteiger partial charge >= 0.3 is 0 Å². The number of aromatic nitrogens is 1. The molecule has 0 fully saturated rings. The molecule has 1 aromatic heterocycles. The van der Waals surface area contributed by atoms with Crippen LogP contribution >= 0.6 is 15.9 Å². The van der Waals surface area contributed by atoms with E-state index in [-0.39, 0.29) is 0 Å². The third-order valence-electron chi connectivity index (χ3n) is 2.45. The molecule has 2 rings (SSSR count). The maximum Gasteiger partial charge on any atom is 0.139 e. The number of aryl methyl sites for hydroxylation is 1. The lowest BCUT2D eigenvalue weighted by Gasteiger charge is -2.09. The zero-order chi connectivity index (χ0) is 13.0. The highest BCUT2D eigenvalue weighted by atomic mass is 79.9. The molecule has 1 heterocycles. The lowest BCUT2D eigenvalue weighted by Crippen LogP contribution is -2.08. The van der Waals surface area contributed by atoms with Crippen LogP contribution in [0.2, 0.25) is 0 Å². The lowest BCUT2D eigenvalue weighted by atomic mass is 10.2. The second-order valence-corrected chi connectivity index (χ2v) is 4.77. The maximum absolute atomic E-state index is 5.71. The molecule has 5 heteroatoms. The second kappa shape index (κ2) is 5.84. The molecule has 0 saturated carbocycles. The average Bonchev–Trinajstić information content (AvgIpc) is 2.38. The third kappa shape index (κ3) is 3.21. The van der Waals surface area contributed by atoms with Gasteiger partial charge in [-0.05, 0) is 46.6 Å². The Morgan fingerprint density at radius 3 is 2.78 bits per heavy atom. The number of nitrogens with one attached hydrogen (secondary N) is 1. The molecule has 18 heavy (non-hydrogen) atoms. The van der Waals surface area contributed by atoms with Gasteiger partial charge in [0.1, 0.15) is 18.2 Å². The van der Waals surface area contributed by atoms with E-state index in [0.717, 1.165) is 15.8 Å². The van der Waals surface area contributed by atoms with E-state index in [1.54, 1.807) is 6.20 Å². The third-order valence-corrected chi connectivity index (χ3v) is 3.07. The first-order valence-corrected chi connectivity index (χ1v) is 6.29. The molecule has 2 aromatic rings. The molecule has 0 aliphatic carbocycles. The predicted molar refractivity (Wildman–Crippen MR) is 75.3 cm³/mol. The van der Waals surface area contributed by atoms with Gasteiger partial charge in [-0.1, -0.05) is 12.1 Å². The topological polar surface area (TPSA) is 60.2 Å². The summed E-state index contributed by atoms with van der Waals surface area (Å²) in [7, 11) is 0. The second-order valence-electron chi connectivity index (χ2n) is 3.92. The van der Waals surface area contributed by atoms with Crippen LogP contribution in [0.15, 0.2) is 41.0 Å². The van der Waals surface area contributed by atoms with Gasteiger partial charge in [-0.2, -0.15) is 0 Å². The lowest BCUT2D eigenvalue weighted by molar-refractivity contribution is 0.304. The van der Waals surface area contributed by atoms with Crippen LogP contribution < -0.4 is 16.0 Å². The van der Waals surface area contributed by atoms with Gasteiger partial charge in [0.15, 0.2) is 0 Å². The minimum absolute atomic E-state index is 0.472. The van der Waals surface area contributed by atoms with Crippen LogP contribution in [0, 0.1) is 6.92 Å². The summed E-state index contributed by atoms with van der Waals surface area (Å²) in [6, 6.07) is 9.71. The van der Waals surface area contributed by atoms with Crippen molar-refractivity contribution in [3.8, 4) is 5.75 Å². The van der Waals surface area contributed by atoms with E-state index in [1.807, 2.05) is 37.3 Å². The summed E-state index contributed by atoms with van der Waals surface area (Å²) in [5.74, 6) is 6.70. The summed E-state index contributed by atoms with van der Waals surface area (Å²) < 4.78 is 6.67. The Bertz CT molecular complexity index is 528. The minimum atomic E-state index is 0.472. The van der Waals surface area contributed by atoms with Gasteiger partial charge in [-0.15, -0.1) is 0 Å². The van der Waals surface area contributed by atoms with Crippen LogP contribution in [-0.2, 0) is 6.61 Å². The first-order chi connectivity index (χ1) is 8.69. The van der Waals surface area contributed by atoms with Gasteiger partial charge in [-0.3, -0.25) is 0 Å². The Morgan fingerprint density at radius 2 is 2.17 bits per heavy atom. The molecule has 0 spiro atoms. The van der Waals surface area contributed by atoms with E-state index in [1.165, 1.54) is 5.56 Å². The van der Waals surface area contributed by atoms with Gasteiger partial charge in [0, 0.05) is 11.8 Å². The highest BCUT2D eigenvalue weighted by Gasteiger charge is 2.02. The smallest absolute Gasteiger partial charge is 0.139 e. The van der Waals surface area contributed by atoms with E-state index >= 15 is 0 Å². The molecule has 1 aromatic carbocycles. The number of benzene rings is 1. The standard InChI is InChI=1S/C13H14BrN3O/c1-9-2-4-12(11(14)6-9)18-8-10-3-5-13(17-15)16-7-10/h2-7H,8,15H2,1H3,(H,16,17). The van der Waals surface area contributed by atoms with Crippen LogP contribution in [0.4, 0.5) is 5.82 Å². The number of nitrogen functional groups attached to an aromatic ring is 1. The Balaban J connectivity index is 2.02. The van der Waals surface area contributed by atoms with Gasteiger partial charge < -0.3 is 10.2 Å². The summed E-state index contributed by atoms with van der Waals surface area (Å²) in [6.45, 7) is 2.51. The van der Waals surface area contributed by atoms with Crippen molar-refractivity contribution in [2.45, 2.75) is 13.5 Å². The SMILES string of the molecule is Cc1ccc(OCc2ccc(NN)nc2)c(Br)c1. The quantitative estimate of drug-likeness (QED) is 0.673. The molecule has 3 N–H and O–H groups in total. The van der Waals surface area contributed by atoms with Crippen LogP contribution in [0.25, 0.3) is 0 Å². The van der Waals surface area contributed by atoms with Crippen molar-refractivity contribution >= 4 is 21.7 Å². The fourth-order valence-electron chi connectivity index (χ4n) is 1.48. The van der Waals surface area contributed by atoms with Crippen LogP contribution in [0.1, 0.15) is 11.1 Å².